The van der Waals surface area contributed by atoms with Gasteiger partial charge < -0.3 is 4.90 Å². The van der Waals surface area contributed by atoms with Gasteiger partial charge in [-0.2, -0.15) is 0 Å². The van der Waals surface area contributed by atoms with Gasteiger partial charge in [-0.1, -0.05) is 18.2 Å². The van der Waals surface area contributed by atoms with Gasteiger partial charge in [0.15, 0.2) is 0 Å². The molecule has 0 spiro atoms. The van der Waals surface area contributed by atoms with Gasteiger partial charge in [0.25, 0.3) is 5.91 Å². The molecule has 0 bridgehead atoms. The molecule has 1 unspecified atom stereocenters. The van der Waals surface area contributed by atoms with E-state index in [1.807, 2.05) is 18.2 Å². The van der Waals surface area contributed by atoms with Crippen LogP contribution >= 0.6 is 0 Å². The lowest BCUT2D eigenvalue weighted by Gasteiger charge is -2.34. The number of hydrogen-bond donors (Lipinski definition) is 0. The first-order valence-electron chi connectivity index (χ1n) is 6.25. The Morgan fingerprint density at radius 1 is 1.12 bits per heavy atom. The molecule has 0 radical (unpaired) electrons. The fourth-order valence-corrected chi connectivity index (χ4v) is 2.99. The van der Waals surface area contributed by atoms with E-state index in [-0.39, 0.29) is 5.91 Å². The Balaban J connectivity index is 1.99. The zero-order chi connectivity index (χ0) is 11.0. The molecule has 1 saturated heterocycles. The molecule has 1 fully saturated rings. The molecule has 84 valence electrons. The molecular formula is C14H17NO. The first-order chi connectivity index (χ1) is 7.86. The van der Waals surface area contributed by atoms with Crippen LogP contribution in [0.1, 0.15) is 41.6 Å². The molecule has 3 rings (SSSR count). The van der Waals surface area contributed by atoms with Crippen LogP contribution in [0.25, 0.3) is 0 Å². The topological polar surface area (TPSA) is 20.3 Å². The SMILES string of the molecule is O=C1c2ccccc2CCC2CCCCN12. The van der Waals surface area contributed by atoms with E-state index >= 15 is 0 Å². The highest BCUT2D eigenvalue weighted by Gasteiger charge is 2.30. The third-order valence-corrected chi connectivity index (χ3v) is 3.88. The standard InChI is InChI=1S/C14H17NO/c16-14-13-7-2-1-5-11(13)8-9-12-6-3-4-10-15(12)14/h1-2,5,7,12H,3-4,6,8-10H2. The summed E-state index contributed by atoms with van der Waals surface area (Å²) in [6, 6.07) is 8.59. The molecule has 2 aliphatic heterocycles. The third kappa shape index (κ3) is 1.53. The summed E-state index contributed by atoms with van der Waals surface area (Å²) in [5, 5.41) is 0. The van der Waals surface area contributed by atoms with Gasteiger partial charge >= 0.3 is 0 Å². The van der Waals surface area contributed by atoms with E-state index in [2.05, 4.69) is 11.0 Å². The first kappa shape index (κ1) is 9.88. The fraction of sp³-hybridized carbons (Fsp3) is 0.500. The Bertz CT molecular complexity index is 413. The first-order valence-corrected chi connectivity index (χ1v) is 6.25. The van der Waals surface area contributed by atoms with E-state index in [9.17, 15) is 4.79 Å². The average molecular weight is 215 g/mol. The van der Waals surface area contributed by atoms with Gasteiger partial charge in [0.2, 0.25) is 0 Å². The molecule has 1 aromatic carbocycles. The molecule has 0 N–H and O–H groups in total. The molecule has 1 amide bonds. The van der Waals surface area contributed by atoms with Gasteiger partial charge in [-0.05, 0) is 43.7 Å². The molecule has 2 heteroatoms. The third-order valence-electron chi connectivity index (χ3n) is 3.88. The maximum absolute atomic E-state index is 12.4. The van der Waals surface area contributed by atoms with Gasteiger partial charge in [-0.15, -0.1) is 0 Å². The quantitative estimate of drug-likeness (QED) is 0.651. The molecule has 1 aromatic rings. The van der Waals surface area contributed by atoms with Crippen molar-refractivity contribution in [2.75, 3.05) is 6.54 Å². The van der Waals surface area contributed by atoms with Crippen molar-refractivity contribution in [2.45, 2.75) is 38.1 Å². The summed E-state index contributed by atoms with van der Waals surface area (Å²) in [7, 11) is 0. The van der Waals surface area contributed by atoms with Crippen LogP contribution in [-0.2, 0) is 6.42 Å². The molecule has 2 heterocycles. The molecule has 2 nitrogen and oxygen atoms in total. The highest BCUT2D eigenvalue weighted by atomic mass is 16.2. The van der Waals surface area contributed by atoms with E-state index in [1.165, 1.54) is 24.8 Å². The number of carbonyl (C=O) groups excluding carboxylic acids is 1. The van der Waals surface area contributed by atoms with Gasteiger partial charge in [-0.3, -0.25) is 4.79 Å². The zero-order valence-corrected chi connectivity index (χ0v) is 9.48. The van der Waals surface area contributed by atoms with Crippen molar-refractivity contribution in [3.05, 3.63) is 35.4 Å². The van der Waals surface area contributed by atoms with Crippen molar-refractivity contribution < 1.29 is 4.79 Å². The minimum Gasteiger partial charge on any atom is -0.336 e. The summed E-state index contributed by atoms with van der Waals surface area (Å²) < 4.78 is 0. The van der Waals surface area contributed by atoms with Gasteiger partial charge in [0, 0.05) is 18.2 Å². The fourth-order valence-electron chi connectivity index (χ4n) is 2.99. The van der Waals surface area contributed by atoms with E-state index in [1.54, 1.807) is 0 Å². The number of nitrogens with zero attached hydrogens (tertiary/aromatic N) is 1. The van der Waals surface area contributed by atoms with Crippen molar-refractivity contribution in [3.8, 4) is 0 Å². The van der Waals surface area contributed by atoms with Crippen molar-refractivity contribution in [3.63, 3.8) is 0 Å². The van der Waals surface area contributed by atoms with Gasteiger partial charge in [0.05, 0.1) is 0 Å². The van der Waals surface area contributed by atoms with E-state index in [4.69, 9.17) is 0 Å². The average Bonchev–Trinajstić information content (AvgIpc) is 2.49. The number of benzene rings is 1. The van der Waals surface area contributed by atoms with E-state index in [0.717, 1.165) is 24.9 Å². The lowest BCUT2D eigenvalue weighted by atomic mass is 9.98. The lowest BCUT2D eigenvalue weighted by Crippen LogP contribution is -2.42. The Labute approximate surface area is 96.3 Å². The second-order valence-electron chi connectivity index (χ2n) is 4.84. The number of carbonyl (C=O) groups is 1. The molecule has 0 aliphatic carbocycles. The van der Waals surface area contributed by atoms with Crippen LogP contribution in [0.3, 0.4) is 0 Å². The summed E-state index contributed by atoms with van der Waals surface area (Å²) in [6.07, 6.45) is 5.85. The summed E-state index contributed by atoms with van der Waals surface area (Å²) in [5.41, 5.74) is 2.17. The summed E-state index contributed by atoms with van der Waals surface area (Å²) in [4.78, 5) is 14.5. The Hall–Kier alpha value is -1.31. The van der Waals surface area contributed by atoms with Gasteiger partial charge in [0.1, 0.15) is 0 Å². The monoisotopic (exact) mass is 215 g/mol. The minimum atomic E-state index is 0.262. The maximum atomic E-state index is 12.4. The number of rotatable bonds is 0. The number of piperidine rings is 1. The van der Waals surface area contributed by atoms with Gasteiger partial charge in [-0.25, -0.2) is 0 Å². The maximum Gasteiger partial charge on any atom is 0.254 e. The lowest BCUT2D eigenvalue weighted by molar-refractivity contribution is 0.0616. The second kappa shape index (κ2) is 3.93. The molecule has 2 aliphatic rings. The predicted molar refractivity (Wildman–Crippen MR) is 63.4 cm³/mol. The Morgan fingerprint density at radius 3 is 2.94 bits per heavy atom. The number of fused-ring (bicyclic) bond motifs is 2. The smallest absolute Gasteiger partial charge is 0.254 e. The van der Waals surface area contributed by atoms with Crippen LogP contribution in [0, 0.1) is 0 Å². The van der Waals surface area contributed by atoms with Crippen molar-refractivity contribution >= 4 is 5.91 Å². The predicted octanol–water partition coefficient (Wildman–Crippen LogP) is 2.63. The number of aryl methyl sites for hydroxylation is 1. The number of amides is 1. The van der Waals surface area contributed by atoms with Crippen LogP contribution in [0.2, 0.25) is 0 Å². The molecule has 1 atom stereocenters. The van der Waals surface area contributed by atoms with Crippen LogP contribution in [-0.4, -0.2) is 23.4 Å². The summed E-state index contributed by atoms with van der Waals surface area (Å²) >= 11 is 0. The molecular weight excluding hydrogens is 198 g/mol. The van der Waals surface area contributed by atoms with Crippen molar-refractivity contribution in [1.29, 1.82) is 0 Å². The Kier molecular flexibility index (Phi) is 2.43. The molecule has 0 saturated carbocycles. The van der Waals surface area contributed by atoms with E-state index in [0.29, 0.717) is 6.04 Å². The van der Waals surface area contributed by atoms with Crippen molar-refractivity contribution in [1.82, 2.24) is 4.90 Å². The summed E-state index contributed by atoms with van der Waals surface area (Å²) in [5.74, 6) is 0.262. The van der Waals surface area contributed by atoms with Crippen LogP contribution in [0.4, 0.5) is 0 Å². The van der Waals surface area contributed by atoms with Crippen LogP contribution in [0.15, 0.2) is 24.3 Å². The molecule has 0 aromatic heterocycles. The highest BCUT2D eigenvalue weighted by Crippen LogP contribution is 2.28. The molecule has 16 heavy (non-hydrogen) atoms. The highest BCUT2D eigenvalue weighted by molar-refractivity contribution is 5.96. The normalized spacial score (nSPS) is 24.6. The van der Waals surface area contributed by atoms with Crippen LogP contribution < -0.4 is 0 Å². The van der Waals surface area contributed by atoms with E-state index < -0.39 is 0 Å². The minimum absolute atomic E-state index is 0.262. The number of hydrogen-bond acceptors (Lipinski definition) is 1. The Morgan fingerprint density at radius 2 is 2.00 bits per heavy atom. The van der Waals surface area contributed by atoms with Crippen molar-refractivity contribution in [2.24, 2.45) is 0 Å². The zero-order valence-electron chi connectivity index (χ0n) is 9.48. The second-order valence-corrected chi connectivity index (χ2v) is 4.84. The van der Waals surface area contributed by atoms with Crippen LogP contribution in [0.5, 0.6) is 0 Å². The summed E-state index contributed by atoms with van der Waals surface area (Å²) in [6.45, 7) is 0.956. The largest absolute Gasteiger partial charge is 0.336 e.